The van der Waals surface area contributed by atoms with Crippen molar-refractivity contribution in [2.45, 2.75) is 6.54 Å². The van der Waals surface area contributed by atoms with E-state index < -0.39 is 0 Å². The van der Waals surface area contributed by atoms with E-state index in [1.165, 1.54) is 0 Å². The lowest BCUT2D eigenvalue weighted by molar-refractivity contribution is 0.670. The van der Waals surface area contributed by atoms with E-state index in [-0.39, 0.29) is 5.95 Å². The van der Waals surface area contributed by atoms with Crippen LogP contribution in [0.25, 0.3) is 0 Å². The monoisotopic (exact) mass is 176 g/mol. The predicted octanol–water partition coefficient (Wildman–Crippen LogP) is -0.301. The third kappa shape index (κ3) is 1.78. The fourth-order valence-corrected chi connectivity index (χ4v) is 0.963. The van der Waals surface area contributed by atoms with Gasteiger partial charge in [-0.15, -0.1) is 5.10 Å². The second-order valence-corrected chi connectivity index (χ2v) is 2.50. The number of hydrogen-bond donors (Lipinski definition) is 1. The molecule has 0 bridgehead atoms. The molecule has 2 aromatic rings. The van der Waals surface area contributed by atoms with Gasteiger partial charge in [0.15, 0.2) is 0 Å². The number of aromatic nitrogens is 5. The smallest absolute Gasteiger partial charge is 0.239 e. The summed E-state index contributed by atoms with van der Waals surface area (Å²) in [6.07, 6.45) is 6.50. The lowest BCUT2D eigenvalue weighted by Gasteiger charge is -1.97. The molecule has 0 atom stereocenters. The first-order valence-electron chi connectivity index (χ1n) is 3.74. The van der Waals surface area contributed by atoms with Crippen molar-refractivity contribution in [3.8, 4) is 0 Å². The van der Waals surface area contributed by atoms with Gasteiger partial charge in [0.1, 0.15) is 6.33 Å². The summed E-state index contributed by atoms with van der Waals surface area (Å²) in [6.45, 7) is 0.540. The van der Waals surface area contributed by atoms with E-state index in [1.807, 2.05) is 0 Å². The Hall–Kier alpha value is -1.98. The zero-order valence-electron chi connectivity index (χ0n) is 6.83. The van der Waals surface area contributed by atoms with Gasteiger partial charge in [0, 0.05) is 12.4 Å². The average Bonchev–Trinajstić information content (AvgIpc) is 2.53. The minimum absolute atomic E-state index is 0.267. The third-order valence-corrected chi connectivity index (χ3v) is 1.49. The first kappa shape index (κ1) is 7.66. The van der Waals surface area contributed by atoms with Gasteiger partial charge in [-0.3, -0.25) is 9.97 Å². The molecule has 0 aliphatic heterocycles. The first-order chi connectivity index (χ1) is 6.34. The molecular formula is C7H8N6. The number of rotatable bonds is 2. The van der Waals surface area contributed by atoms with Gasteiger partial charge in [-0.05, 0) is 0 Å². The molecule has 2 aromatic heterocycles. The van der Waals surface area contributed by atoms with E-state index in [0.29, 0.717) is 6.54 Å². The Balaban J connectivity index is 2.15. The van der Waals surface area contributed by atoms with Gasteiger partial charge in [0.05, 0.1) is 18.4 Å². The average molecular weight is 176 g/mol. The Morgan fingerprint density at radius 3 is 2.85 bits per heavy atom. The first-order valence-corrected chi connectivity index (χ1v) is 3.74. The molecule has 0 aliphatic rings. The second kappa shape index (κ2) is 3.18. The molecule has 0 aromatic carbocycles. The minimum Gasteiger partial charge on any atom is -0.367 e. The molecule has 2 rings (SSSR count). The van der Waals surface area contributed by atoms with Crippen LogP contribution in [0.4, 0.5) is 5.95 Å². The van der Waals surface area contributed by atoms with Crippen molar-refractivity contribution in [3.05, 3.63) is 30.6 Å². The maximum absolute atomic E-state index is 5.35. The highest BCUT2D eigenvalue weighted by atomic mass is 15.4. The lowest BCUT2D eigenvalue weighted by Crippen LogP contribution is -2.03. The molecule has 0 fully saturated rings. The maximum atomic E-state index is 5.35. The zero-order chi connectivity index (χ0) is 9.10. The maximum Gasteiger partial charge on any atom is 0.239 e. The molecule has 13 heavy (non-hydrogen) atoms. The van der Waals surface area contributed by atoms with Crippen LogP contribution in [0.5, 0.6) is 0 Å². The quantitative estimate of drug-likeness (QED) is 0.679. The van der Waals surface area contributed by atoms with Crippen molar-refractivity contribution in [2.75, 3.05) is 5.73 Å². The van der Waals surface area contributed by atoms with Crippen LogP contribution in [0.15, 0.2) is 24.9 Å². The molecule has 0 unspecified atom stereocenters. The zero-order valence-corrected chi connectivity index (χ0v) is 6.83. The summed E-state index contributed by atoms with van der Waals surface area (Å²) in [6, 6.07) is 0. The largest absolute Gasteiger partial charge is 0.367 e. The highest BCUT2D eigenvalue weighted by Crippen LogP contribution is 1.95. The van der Waals surface area contributed by atoms with Gasteiger partial charge < -0.3 is 5.73 Å². The molecule has 0 saturated carbocycles. The second-order valence-electron chi connectivity index (χ2n) is 2.50. The van der Waals surface area contributed by atoms with Crippen LogP contribution in [0, 0.1) is 0 Å². The SMILES string of the molecule is Nc1ncn(Cc2cnccn2)n1. The molecule has 0 amide bonds. The predicted molar refractivity (Wildman–Crippen MR) is 45.6 cm³/mol. The van der Waals surface area contributed by atoms with Crippen molar-refractivity contribution in [3.63, 3.8) is 0 Å². The van der Waals surface area contributed by atoms with Crippen LogP contribution in [0.1, 0.15) is 5.69 Å². The molecule has 66 valence electrons. The van der Waals surface area contributed by atoms with Gasteiger partial charge in [-0.25, -0.2) is 9.67 Å². The van der Waals surface area contributed by atoms with Crippen LogP contribution in [0.3, 0.4) is 0 Å². The van der Waals surface area contributed by atoms with Crippen molar-refractivity contribution in [1.29, 1.82) is 0 Å². The number of nitrogens with zero attached hydrogens (tertiary/aromatic N) is 5. The van der Waals surface area contributed by atoms with Gasteiger partial charge in [-0.1, -0.05) is 0 Å². The Morgan fingerprint density at radius 1 is 1.31 bits per heavy atom. The van der Waals surface area contributed by atoms with E-state index in [2.05, 4.69) is 20.1 Å². The van der Waals surface area contributed by atoms with E-state index in [9.17, 15) is 0 Å². The highest BCUT2D eigenvalue weighted by molar-refractivity contribution is 5.09. The summed E-state index contributed by atoms with van der Waals surface area (Å²) in [5, 5.41) is 3.92. The standard InChI is InChI=1S/C7H8N6/c8-7-11-5-13(12-7)4-6-3-9-1-2-10-6/h1-3,5H,4H2,(H2,8,12). The Morgan fingerprint density at radius 2 is 2.23 bits per heavy atom. The van der Waals surface area contributed by atoms with Crippen molar-refractivity contribution >= 4 is 5.95 Å². The fourth-order valence-electron chi connectivity index (χ4n) is 0.963. The summed E-state index contributed by atoms with van der Waals surface area (Å²) in [4.78, 5) is 11.8. The van der Waals surface area contributed by atoms with E-state index in [1.54, 1.807) is 29.6 Å². The van der Waals surface area contributed by atoms with Crippen molar-refractivity contribution in [2.24, 2.45) is 0 Å². The molecule has 0 spiro atoms. The van der Waals surface area contributed by atoms with Crippen LogP contribution >= 0.6 is 0 Å². The molecule has 0 aliphatic carbocycles. The number of anilines is 1. The summed E-state index contributed by atoms with van der Waals surface area (Å²) in [7, 11) is 0. The summed E-state index contributed by atoms with van der Waals surface area (Å²) < 4.78 is 1.61. The van der Waals surface area contributed by atoms with E-state index in [0.717, 1.165) is 5.69 Å². The Kier molecular flexibility index (Phi) is 1.87. The van der Waals surface area contributed by atoms with Gasteiger partial charge in [0.25, 0.3) is 0 Å². The lowest BCUT2D eigenvalue weighted by atomic mass is 10.4. The number of nitrogens with two attached hydrogens (primary N) is 1. The van der Waals surface area contributed by atoms with Gasteiger partial charge in [0.2, 0.25) is 5.95 Å². The van der Waals surface area contributed by atoms with Crippen LogP contribution < -0.4 is 5.73 Å². The van der Waals surface area contributed by atoms with Crippen molar-refractivity contribution < 1.29 is 0 Å². The molecule has 6 heteroatoms. The summed E-state index contributed by atoms with van der Waals surface area (Å²) in [5.74, 6) is 0.267. The molecule has 0 radical (unpaired) electrons. The van der Waals surface area contributed by atoms with E-state index >= 15 is 0 Å². The molecule has 6 nitrogen and oxygen atoms in total. The summed E-state index contributed by atoms with van der Waals surface area (Å²) in [5.41, 5.74) is 6.18. The highest BCUT2D eigenvalue weighted by Gasteiger charge is 1.97. The molecule has 0 saturated heterocycles. The van der Waals surface area contributed by atoms with Crippen LogP contribution in [-0.2, 0) is 6.54 Å². The number of hydrogen-bond acceptors (Lipinski definition) is 5. The summed E-state index contributed by atoms with van der Waals surface area (Å²) >= 11 is 0. The van der Waals surface area contributed by atoms with Crippen LogP contribution in [0.2, 0.25) is 0 Å². The van der Waals surface area contributed by atoms with Gasteiger partial charge in [-0.2, -0.15) is 0 Å². The van der Waals surface area contributed by atoms with E-state index in [4.69, 9.17) is 5.73 Å². The molecular weight excluding hydrogens is 168 g/mol. The van der Waals surface area contributed by atoms with Crippen molar-refractivity contribution in [1.82, 2.24) is 24.7 Å². The fraction of sp³-hybridized carbons (Fsp3) is 0.143. The van der Waals surface area contributed by atoms with Crippen LogP contribution in [-0.4, -0.2) is 24.7 Å². The topological polar surface area (TPSA) is 82.5 Å². The Bertz CT molecular complexity index is 381. The normalized spacial score (nSPS) is 10.2. The minimum atomic E-state index is 0.267. The third-order valence-electron chi connectivity index (χ3n) is 1.49. The molecule has 2 N–H and O–H groups in total. The number of nitrogen functional groups attached to an aromatic ring is 1. The van der Waals surface area contributed by atoms with Gasteiger partial charge >= 0.3 is 0 Å². The Labute approximate surface area is 74.5 Å². The molecule has 2 heterocycles.